The van der Waals surface area contributed by atoms with Crippen molar-refractivity contribution in [2.45, 2.75) is 4.21 Å². The summed E-state index contributed by atoms with van der Waals surface area (Å²) in [6.07, 6.45) is 1.32. The smallest absolute Gasteiger partial charge is 0.271 e. The minimum absolute atomic E-state index is 0.0778. The number of rotatable bonds is 3. The molecule has 5 nitrogen and oxygen atoms in total. The van der Waals surface area contributed by atoms with Crippen molar-refractivity contribution in [1.82, 2.24) is 4.98 Å². The van der Waals surface area contributed by atoms with Gasteiger partial charge in [0.1, 0.15) is 20.3 Å². The molecule has 2 rings (SSSR count). The number of hydrogen-bond acceptors (Lipinski definition) is 5. The van der Waals surface area contributed by atoms with Crippen LogP contribution in [0.15, 0.2) is 34.7 Å². The van der Waals surface area contributed by atoms with Crippen LogP contribution in [0.3, 0.4) is 0 Å². The highest BCUT2D eigenvalue weighted by Crippen LogP contribution is 2.23. The molecule has 0 saturated carbocycles. The lowest BCUT2D eigenvalue weighted by Crippen LogP contribution is -2.11. The molecule has 0 aliphatic heterocycles. The van der Waals surface area contributed by atoms with Crippen LogP contribution in [0.5, 0.6) is 0 Å². The second-order valence-electron chi connectivity index (χ2n) is 3.21. The number of halogens is 1. The minimum Gasteiger partial charge on any atom is -0.277 e. The van der Waals surface area contributed by atoms with Gasteiger partial charge in [0, 0.05) is 0 Å². The van der Waals surface area contributed by atoms with E-state index in [1.54, 1.807) is 0 Å². The number of aromatic nitrogens is 1. The van der Waals surface area contributed by atoms with Crippen LogP contribution in [-0.4, -0.2) is 13.4 Å². The van der Waals surface area contributed by atoms with Crippen molar-refractivity contribution in [3.05, 3.63) is 40.5 Å². The summed E-state index contributed by atoms with van der Waals surface area (Å²) >= 11 is 6.50. The fraction of sp³-hybridized carbons (Fsp3) is 0. The highest BCUT2D eigenvalue weighted by molar-refractivity contribution is 7.94. The number of pyridine rings is 1. The van der Waals surface area contributed by atoms with Gasteiger partial charge in [0.2, 0.25) is 0 Å². The van der Waals surface area contributed by atoms with Crippen molar-refractivity contribution in [2.75, 3.05) is 4.72 Å². The van der Waals surface area contributed by atoms with E-state index in [0.29, 0.717) is 10.6 Å². The maximum Gasteiger partial charge on any atom is 0.271 e. The predicted molar refractivity (Wildman–Crippen MR) is 69.1 cm³/mol. The van der Waals surface area contributed by atoms with E-state index in [1.165, 1.54) is 30.5 Å². The molecule has 2 aromatic heterocycles. The fourth-order valence-corrected chi connectivity index (χ4v) is 3.42. The standard InChI is InChI=1S/C10H6ClN3O2S2/c11-9-3-1-7(6-13-9)14-18(15,16)10-4-2-8(5-12)17-10/h1-4,6,14H. The summed E-state index contributed by atoms with van der Waals surface area (Å²) in [5.41, 5.74) is 0.311. The van der Waals surface area contributed by atoms with Crippen molar-refractivity contribution in [3.8, 4) is 6.07 Å². The van der Waals surface area contributed by atoms with E-state index in [9.17, 15) is 8.42 Å². The highest BCUT2D eigenvalue weighted by atomic mass is 35.5. The molecule has 0 fully saturated rings. The summed E-state index contributed by atoms with van der Waals surface area (Å²) in [6, 6.07) is 7.72. The number of sulfonamides is 1. The lowest BCUT2D eigenvalue weighted by molar-refractivity contribution is 0.603. The van der Waals surface area contributed by atoms with Crippen molar-refractivity contribution in [1.29, 1.82) is 5.26 Å². The van der Waals surface area contributed by atoms with Gasteiger partial charge < -0.3 is 0 Å². The van der Waals surface area contributed by atoms with Gasteiger partial charge in [-0.25, -0.2) is 13.4 Å². The van der Waals surface area contributed by atoms with Gasteiger partial charge in [-0.2, -0.15) is 5.26 Å². The van der Waals surface area contributed by atoms with E-state index in [4.69, 9.17) is 16.9 Å². The Morgan fingerprint density at radius 1 is 1.33 bits per heavy atom. The van der Waals surface area contributed by atoms with Crippen molar-refractivity contribution in [2.24, 2.45) is 0 Å². The summed E-state index contributed by atoms with van der Waals surface area (Å²) in [5.74, 6) is 0. The summed E-state index contributed by atoms with van der Waals surface area (Å²) in [7, 11) is -3.68. The third-order valence-electron chi connectivity index (χ3n) is 1.94. The topological polar surface area (TPSA) is 82.8 Å². The van der Waals surface area contributed by atoms with E-state index in [0.717, 1.165) is 11.3 Å². The zero-order chi connectivity index (χ0) is 13.2. The Hall–Kier alpha value is -1.62. The van der Waals surface area contributed by atoms with Gasteiger partial charge in [0.25, 0.3) is 10.0 Å². The number of anilines is 1. The molecule has 0 aromatic carbocycles. The monoisotopic (exact) mass is 299 g/mol. The van der Waals surface area contributed by atoms with Crippen LogP contribution in [0.2, 0.25) is 5.15 Å². The third-order valence-corrected chi connectivity index (χ3v) is 5.02. The molecular formula is C10H6ClN3O2S2. The molecule has 0 bridgehead atoms. The van der Waals surface area contributed by atoms with Crippen LogP contribution in [0, 0.1) is 11.3 Å². The summed E-state index contributed by atoms with van der Waals surface area (Å²) in [6.45, 7) is 0. The Bertz CT molecular complexity index is 701. The lowest BCUT2D eigenvalue weighted by Gasteiger charge is -2.05. The van der Waals surface area contributed by atoms with Gasteiger partial charge in [0.15, 0.2) is 0 Å². The van der Waals surface area contributed by atoms with Crippen LogP contribution < -0.4 is 4.72 Å². The molecule has 0 saturated heterocycles. The maximum atomic E-state index is 11.9. The van der Waals surface area contributed by atoms with Crippen molar-refractivity contribution in [3.63, 3.8) is 0 Å². The first-order valence-corrected chi connectivity index (χ1v) is 7.33. The average Bonchev–Trinajstić information content (AvgIpc) is 2.81. The first-order valence-electron chi connectivity index (χ1n) is 4.65. The second-order valence-corrected chi connectivity index (χ2v) is 6.59. The van der Waals surface area contributed by atoms with Crippen molar-refractivity contribution < 1.29 is 8.42 Å². The molecular weight excluding hydrogens is 294 g/mol. The number of nitriles is 1. The largest absolute Gasteiger partial charge is 0.277 e. The highest BCUT2D eigenvalue weighted by Gasteiger charge is 2.17. The first kappa shape index (κ1) is 12.8. The molecule has 8 heteroatoms. The first-order chi connectivity index (χ1) is 8.51. The van der Waals surface area contributed by atoms with Gasteiger partial charge in [-0.3, -0.25) is 4.72 Å². The summed E-state index contributed by atoms with van der Waals surface area (Å²) < 4.78 is 26.3. The molecule has 2 heterocycles. The number of thiophene rings is 1. The molecule has 0 aliphatic rings. The summed E-state index contributed by atoms with van der Waals surface area (Å²) in [4.78, 5) is 4.11. The van der Waals surface area contributed by atoms with Gasteiger partial charge in [0.05, 0.1) is 11.9 Å². The average molecular weight is 300 g/mol. The molecule has 0 aliphatic carbocycles. The third kappa shape index (κ3) is 2.79. The van der Waals surface area contributed by atoms with Crippen LogP contribution in [-0.2, 0) is 10.0 Å². The van der Waals surface area contributed by atoms with Gasteiger partial charge in [-0.15, -0.1) is 11.3 Å². The van der Waals surface area contributed by atoms with E-state index >= 15 is 0 Å². The molecule has 92 valence electrons. The molecule has 2 aromatic rings. The van der Waals surface area contributed by atoms with Crippen LogP contribution in [0.1, 0.15) is 4.88 Å². The molecule has 0 radical (unpaired) electrons. The molecule has 18 heavy (non-hydrogen) atoms. The molecule has 0 unspecified atom stereocenters. The predicted octanol–water partition coefficient (Wildman–Crippen LogP) is 2.47. The van der Waals surface area contributed by atoms with Gasteiger partial charge in [-0.1, -0.05) is 11.6 Å². The number of nitrogens with one attached hydrogen (secondary N) is 1. The maximum absolute atomic E-state index is 11.9. The Kier molecular flexibility index (Phi) is 3.52. The fourth-order valence-electron chi connectivity index (χ4n) is 1.17. The SMILES string of the molecule is N#Cc1ccc(S(=O)(=O)Nc2ccc(Cl)nc2)s1. The lowest BCUT2D eigenvalue weighted by atomic mass is 10.4. The van der Waals surface area contributed by atoms with Gasteiger partial charge in [-0.05, 0) is 24.3 Å². The molecule has 0 atom stereocenters. The Morgan fingerprint density at radius 2 is 2.11 bits per heavy atom. The quantitative estimate of drug-likeness (QED) is 0.883. The Morgan fingerprint density at radius 3 is 2.67 bits per heavy atom. The molecule has 0 spiro atoms. The van der Waals surface area contributed by atoms with Crippen LogP contribution in [0.4, 0.5) is 5.69 Å². The zero-order valence-electron chi connectivity index (χ0n) is 8.79. The second kappa shape index (κ2) is 4.94. The van der Waals surface area contributed by atoms with E-state index in [1.807, 2.05) is 6.07 Å². The van der Waals surface area contributed by atoms with Crippen LogP contribution >= 0.6 is 22.9 Å². The summed E-state index contributed by atoms with van der Waals surface area (Å²) in [5, 5.41) is 8.94. The number of nitrogens with zero attached hydrogens (tertiary/aromatic N) is 2. The normalized spacial score (nSPS) is 10.9. The Balaban J connectivity index is 2.27. The molecule has 1 N–H and O–H groups in total. The van der Waals surface area contributed by atoms with Crippen LogP contribution in [0.25, 0.3) is 0 Å². The van der Waals surface area contributed by atoms with Crippen molar-refractivity contribution >= 4 is 38.6 Å². The van der Waals surface area contributed by atoms with E-state index in [2.05, 4.69) is 9.71 Å². The zero-order valence-corrected chi connectivity index (χ0v) is 11.2. The minimum atomic E-state index is -3.68. The Labute approximate surface area is 113 Å². The number of hydrogen-bond donors (Lipinski definition) is 1. The van der Waals surface area contributed by atoms with Gasteiger partial charge >= 0.3 is 0 Å². The van der Waals surface area contributed by atoms with E-state index < -0.39 is 10.0 Å². The van der Waals surface area contributed by atoms with E-state index in [-0.39, 0.29) is 9.36 Å². The molecule has 0 amide bonds.